The molecule has 35 heavy (non-hydrogen) atoms. The molecule has 0 spiro atoms. The standard InChI is InChI=1S/C30H30N4O/c1-20-18-34(19-21(2)35-20)25-14-12-24(13-15-25)28-17-32-29-26(23-10-8-22(16-31)9-11-23)6-5-7-27(29)30(28)33(3)4/h5-15,17,20-21H,18-19H2,1-4H3. The number of aromatic nitrogens is 1. The molecule has 0 N–H and O–H groups in total. The highest BCUT2D eigenvalue weighted by Crippen LogP contribution is 2.39. The highest BCUT2D eigenvalue weighted by molar-refractivity contribution is 6.05. The van der Waals surface area contributed by atoms with Crippen LogP contribution in [-0.4, -0.2) is 44.4 Å². The van der Waals surface area contributed by atoms with Crippen molar-refractivity contribution >= 4 is 22.3 Å². The Balaban J connectivity index is 1.56. The smallest absolute Gasteiger partial charge is 0.0991 e. The predicted octanol–water partition coefficient (Wildman–Crippen LogP) is 6.12. The second-order valence-corrected chi connectivity index (χ2v) is 9.51. The zero-order chi connectivity index (χ0) is 24.5. The summed E-state index contributed by atoms with van der Waals surface area (Å²) in [5.41, 5.74) is 8.34. The molecule has 0 amide bonds. The first kappa shape index (κ1) is 22.9. The molecular weight excluding hydrogens is 432 g/mol. The summed E-state index contributed by atoms with van der Waals surface area (Å²) in [7, 11) is 4.16. The van der Waals surface area contributed by atoms with Crippen molar-refractivity contribution < 1.29 is 4.74 Å². The number of fused-ring (bicyclic) bond motifs is 1. The molecule has 176 valence electrons. The minimum Gasteiger partial charge on any atom is -0.377 e. The van der Waals surface area contributed by atoms with Crippen LogP contribution in [0.2, 0.25) is 0 Å². The quantitative estimate of drug-likeness (QED) is 0.366. The van der Waals surface area contributed by atoms with Crippen LogP contribution in [0.1, 0.15) is 19.4 Å². The average Bonchev–Trinajstić information content (AvgIpc) is 2.87. The summed E-state index contributed by atoms with van der Waals surface area (Å²) in [5.74, 6) is 0. The van der Waals surface area contributed by atoms with Gasteiger partial charge in [-0.15, -0.1) is 0 Å². The van der Waals surface area contributed by atoms with Gasteiger partial charge in [0.2, 0.25) is 0 Å². The Morgan fingerprint density at radius 2 is 1.51 bits per heavy atom. The SMILES string of the molecule is CC1CN(c2ccc(-c3cnc4c(-c5ccc(C#N)cc5)cccc4c3N(C)C)cc2)CC(C)O1. The van der Waals surface area contributed by atoms with Crippen molar-refractivity contribution in [3.63, 3.8) is 0 Å². The fourth-order valence-electron chi connectivity index (χ4n) is 5.10. The van der Waals surface area contributed by atoms with Crippen LogP contribution in [0.5, 0.6) is 0 Å². The topological polar surface area (TPSA) is 52.4 Å². The van der Waals surface area contributed by atoms with Gasteiger partial charge in [0.05, 0.1) is 35.0 Å². The van der Waals surface area contributed by atoms with Gasteiger partial charge in [-0.25, -0.2) is 0 Å². The zero-order valence-corrected chi connectivity index (χ0v) is 20.7. The largest absolute Gasteiger partial charge is 0.377 e. The number of anilines is 2. The van der Waals surface area contributed by atoms with Crippen molar-refractivity contribution in [2.24, 2.45) is 0 Å². The molecule has 1 aliphatic heterocycles. The van der Waals surface area contributed by atoms with Gasteiger partial charge < -0.3 is 14.5 Å². The molecule has 1 aromatic heterocycles. The van der Waals surface area contributed by atoms with Gasteiger partial charge in [-0.1, -0.05) is 42.5 Å². The first-order chi connectivity index (χ1) is 16.9. The van der Waals surface area contributed by atoms with E-state index in [9.17, 15) is 0 Å². The first-order valence-corrected chi connectivity index (χ1v) is 12.0. The number of morpholine rings is 1. The van der Waals surface area contributed by atoms with Crippen molar-refractivity contribution in [3.8, 4) is 28.3 Å². The maximum Gasteiger partial charge on any atom is 0.0991 e. The van der Waals surface area contributed by atoms with Crippen molar-refractivity contribution in [1.29, 1.82) is 5.26 Å². The molecule has 0 aliphatic carbocycles. The molecule has 1 aliphatic rings. The fourth-order valence-corrected chi connectivity index (χ4v) is 5.10. The lowest BCUT2D eigenvalue weighted by atomic mass is 9.96. The Morgan fingerprint density at radius 3 is 2.14 bits per heavy atom. The predicted molar refractivity (Wildman–Crippen MR) is 144 cm³/mol. The molecule has 3 aromatic carbocycles. The summed E-state index contributed by atoms with van der Waals surface area (Å²) in [5, 5.41) is 10.3. The first-order valence-electron chi connectivity index (χ1n) is 12.0. The lowest BCUT2D eigenvalue weighted by molar-refractivity contribution is -0.00521. The van der Waals surface area contributed by atoms with Crippen LogP contribution in [0.4, 0.5) is 11.4 Å². The second-order valence-electron chi connectivity index (χ2n) is 9.51. The van der Waals surface area contributed by atoms with E-state index >= 15 is 0 Å². The lowest BCUT2D eigenvalue weighted by Crippen LogP contribution is -2.45. The number of nitriles is 1. The molecule has 4 aromatic rings. The molecule has 2 heterocycles. The minimum absolute atomic E-state index is 0.230. The summed E-state index contributed by atoms with van der Waals surface area (Å²) in [6, 6.07) is 25.0. The van der Waals surface area contributed by atoms with Crippen molar-refractivity contribution in [2.45, 2.75) is 26.1 Å². The van der Waals surface area contributed by atoms with Gasteiger partial charge in [-0.3, -0.25) is 4.98 Å². The minimum atomic E-state index is 0.230. The van der Waals surface area contributed by atoms with E-state index in [2.05, 4.69) is 86.3 Å². The Morgan fingerprint density at radius 1 is 0.886 bits per heavy atom. The van der Waals surface area contributed by atoms with Gasteiger partial charge in [0, 0.05) is 55.6 Å². The highest BCUT2D eigenvalue weighted by atomic mass is 16.5. The lowest BCUT2D eigenvalue weighted by Gasteiger charge is -2.37. The number of hydrogen-bond acceptors (Lipinski definition) is 5. The molecule has 5 heteroatoms. The molecular formula is C30H30N4O. The van der Waals surface area contributed by atoms with Gasteiger partial charge >= 0.3 is 0 Å². The molecule has 5 rings (SSSR count). The summed E-state index contributed by atoms with van der Waals surface area (Å²) in [6.45, 7) is 6.07. The number of nitrogens with zero attached hydrogens (tertiary/aromatic N) is 4. The maximum absolute atomic E-state index is 9.15. The molecule has 2 unspecified atom stereocenters. The number of hydrogen-bond donors (Lipinski definition) is 0. The van der Waals surface area contributed by atoms with E-state index in [4.69, 9.17) is 15.0 Å². The van der Waals surface area contributed by atoms with Crippen LogP contribution < -0.4 is 9.80 Å². The van der Waals surface area contributed by atoms with E-state index < -0.39 is 0 Å². The van der Waals surface area contributed by atoms with Gasteiger partial charge in [-0.2, -0.15) is 5.26 Å². The van der Waals surface area contributed by atoms with Crippen LogP contribution >= 0.6 is 0 Å². The molecule has 0 radical (unpaired) electrons. The molecule has 1 fully saturated rings. The molecule has 5 nitrogen and oxygen atoms in total. The Bertz CT molecular complexity index is 1380. The summed E-state index contributed by atoms with van der Waals surface area (Å²) >= 11 is 0. The van der Waals surface area contributed by atoms with Crippen molar-refractivity contribution in [1.82, 2.24) is 4.98 Å². The number of para-hydroxylation sites is 1. The van der Waals surface area contributed by atoms with E-state index in [1.165, 1.54) is 5.69 Å². The Kier molecular flexibility index (Phi) is 6.15. The van der Waals surface area contributed by atoms with Crippen LogP contribution in [0, 0.1) is 11.3 Å². The van der Waals surface area contributed by atoms with Crippen LogP contribution in [-0.2, 0) is 4.74 Å². The highest BCUT2D eigenvalue weighted by Gasteiger charge is 2.22. The van der Waals surface area contributed by atoms with Gasteiger partial charge in [0.15, 0.2) is 0 Å². The number of ether oxygens (including phenoxy) is 1. The number of rotatable bonds is 4. The number of pyridine rings is 1. The maximum atomic E-state index is 9.15. The molecule has 0 bridgehead atoms. The summed E-state index contributed by atoms with van der Waals surface area (Å²) in [6.07, 6.45) is 2.45. The molecule has 0 saturated carbocycles. The van der Waals surface area contributed by atoms with E-state index in [1.54, 1.807) is 0 Å². The number of benzene rings is 3. The third-order valence-corrected chi connectivity index (χ3v) is 6.60. The van der Waals surface area contributed by atoms with Crippen molar-refractivity contribution in [3.05, 3.63) is 78.5 Å². The third-order valence-electron chi connectivity index (χ3n) is 6.60. The van der Waals surface area contributed by atoms with E-state index in [0.29, 0.717) is 5.56 Å². The fraction of sp³-hybridized carbons (Fsp3) is 0.267. The summed E-state index contributed by atoms with van der Waals surface area (Å²) in [4.78, 5) is 9.50. The van der Waals surface area contributed by atoms with Crippen LogP contribution in [0.3, 0.4) is 0 Å². The van der Waals surface area contributed by atoms with E-state index in [1.807, 2.05) is 30.5 Å². The average molecular weight is 463 g/mol. The van der Waals surface area contributed by atoms with Gasteiger partial charge in [-0.05, 0) is 49.2 Å². The van der Waals surface area contributed by atoms with Crippen LogP contribution in [0.25, 0.3) is 33.2 Å². The Labute approximate surface area is 207 Å². The summed E-state index contributed by atoms with van der Waals surface area (Å²) < 4.78 is 5.90. The van der Waals surface area contributed by atoms with Crippen LogP contribution in [0.15, 0.2) is 72.9 Å². The second kappa shape index (κ2) is 9.40. The monoisotopic (exact) mass is 462 g/mol. The van der Waals surface area contributed by atoms with E-state index in [0.717, 1.165) is 51.9 Å². The Hall–Kier alpha value is -3.88. The normalized spacial score (nSPS) is 17.9. The third kappa shape index (κ3) is 4.45. The molecule has 1 saturated heterocycles. The zero-order valence-electron chi connectivity index (χ0n) is 20.7. The molecule has 2 atom stereocenters. The van der Waals surface area contributed by atoms with Crippen molar-refractivity contribution in [2.75, 3.05) is 37.0 Å². The van der Waals surface area contributed by atoms with E-state index in [-0.39, 0.29) is 12.2 Å². The van der Waals surface area contributed by atoms with Gasteiger partial charge in [0.25, 0.3) is 0 Å². The van der Waals surface area contributed by atoms with Gasteiger partial charge in [0.1, 0.15) is 0 Å².